The van der Waals surface area contributed by atoms with Gasteiger partial charge in [-0.3, -0.25) is 0 Å². The van der Waals surface area contributed by atoms with Gasteiger partial charge < -0.3 is 10.1 Å². The summed E-state index contributed by atoms with van der Waals surface area (Å²) in [6.45, 7) is 0.520. The highest BCUT2D eigenvalue weighted by Gasteiger charge is 2.18. The molecule has 1 atom stereocenters. The highest BCUT2D eigenvalue weighted by Crippen LogP contribution is 2.32. The van der Waals surface area contributed by atoms with E-state index in [1.807, 2.05) is 13.1 Å². The molecule has 0 aliphatic heterocycles. The number of nitrogens with one attached hydrogen (secondary N) is 1. The number of fused-ring (bicyclic) bond motifs is 1. The topological polar surface area (TPSA) is 21.3 Å². The second kappa shape index (κ2) is 6.08. The zero-order valence-electron chi connectivity index (χ0n) is 10.1. The average molecular weight is 252 g/mol. The van der Waals surface area contributed by atoms with Crippen LogP contribution in [0.25, 0.3) is 0 Å². The second-order valence-corrected chi connectivity index (χ2v) is 4.52. The van der Waals surface area contributed by atoms with Crippen LogP contribution in [0.4, 0.5) is 0 Å². The second-order valence-electron chi connectivity index (χ2n) is 4.27. The number of benzene rings is 1. The van der Waals surface area contributed by atoms with Crippen molar-refractivity contribution in [2.24, 2.45) is 0 Å². The Bertz CT molecular complexity index is 403. The maximum absolute atomic E-state index is 5.61. The van der Waals surface area contributed by atoms with Gasteiger partial charge in [-0.25, -0.2) is 0 Å². The summed E-state index contributed by atoms with van der Waals surface area (Å²) in [7, 11) is 2.02. The van der Waals surface area contributed by atoms with Gasteiger partial charge in [-0.2, -0.15) is 0 Å². The van der Waals surface area contributed by atoms with Crippen molar-refractivity contribution < 1.29 is 4.74 Å². The van der Waals surface area contributed by atoms with Crippen molar-refractivity contribution in [3.05, 3.63) is 40.9 Å². The van der Waals surface area contributed by atoms with Crippen molar-refractivity contribution in [3.63, 3.8) is 0 Å². The van der Waals surface area contributed by atoms with Gasteiger partial charge >= 0.3 is 0 Å². The molecule has 1 aliphatic carbocycles. The van der Waals surface area contributed by atoms with Crippen molar-refractivity contribution in [1.29, 1.82) is 0 Å². The maximum Gasteiger partial charge on any atom is 0.120 e. The Balaban J connectivity index is 2.16. The smallest absolute Gasteiger partial charge is 0.120 e. The quantitative estimate of drug-likeness (QED) is 0.886. The molecule has 0 spiro atoms. The van der Waals surface area contributed by atoms with Gasteiger partial charge in [0.15, 0.2) is 0 Å². The maximum atomic E-state index is 5.61. The van der Waals surface area contributed by atoms with E-state index < -0.39 is 0 Å². The summed E-state index contributed by atoms with van der Waals surface area (Å²) >= 11 is 5.46. The first-order valence-corrected chi connectivity index (χ1v) is 6.47. The fraction of sp³-hybridized carbons (Fsp3) is 0.429. The van der Waals surface area contributed by atoms with E-state index in [4.69, 9.17) is 16.3 Å². The summed E-state index contributed by atoms with van der Waals surface area (Å²) in [6, 6.07) is 6.83. The number of hydrogen-bond donors (Lipinski definition) is 1. The predicted molar refractivity (Wildman–Crippen MR) is 71.7 cm³/mol. The molecule has 1 unspecified atom stereocenters. The summed E-state index contributed by atoms with van der Waals surface area (Å²) in [4.78, 5) is 0. The standard InChI is InChI=1S/C14H18ClNO/c1-16-14-5-2-4-11-6-7-12(10-13(11)14)17-9-3-8-15/h3,6-8,10,14,16H,2,4-5,9H2,1H3/b8-3+. The first-order valence-electron chi connectivity index (χ1n) is 6.03. The van der Waals surface area contributed by atoms with Crippen molar-refractivity contribution in [1.82, 2.24) is 5.32 Å². The van der Waals surface area contributed by atoms with Gasteiger partial charge in [0.1, 0.15) is 12.4 Å². The van der Waals surface area contributed by atoms with Gasteiger partial charge in [0.25, 0.3) is 0 Å². The molecule has 1 aromatic carbocycles. The Labute approximate surface area is 108 Å². The lowest BCUT2D eigenvalue weighted by molar-refractivity contribution is 0.361. The van der Waals surface area contributed by atoms with E-state index in [9.17, 15) is 0 Å². The first-order chi connectivity index (χ1) is 8.35. The predicted octanol–water partition coefficient (Wildman–Crippen LogP) is 3.41. The van der Waals surface area contributed by atoms with Crippen LogP contribution in [-0.2, 0) is 6.42 Å². The molecule has 2 rings (SSSR count). The third-order valence-electron chi connectivity index (χ3n) is 3.22. The Morgan fingerprint density at radius 1 is 1.53 bits per heavy atom. The monoisotopic (exact) mass is 251 g/mol. The van der Waals surface area contributed by atoms with Crippen LogP contribution in [0.15, 0.2) is 29.8 Å². The molecule has 0 amide bonds. The molecule has 2 nitrogen and oxygen atoms in total. The van der Waals surface area contributed by atoms with Crippen molar-refractivity contribution in [2.75, 3.05) is 13.7 Å². The van der Waals surface area contributed by atoms with Gasteiger partial charge in [-0.05, 0) is 55.6 Å². The molecule has 1 aromatic rings. The Kier molecular flexibility index (Phi) is 4.46. The highest BCUT2D eigenvalue weighted by atomic mass is 35.5. The summed E-state index contributed by atoms with van der Waals surface area (Å²) in [5.74, 6) is 0.917. The molecule has 0 bridgehead atoms. The third kappa shape index (κ3) is 3.02. The molecule has 3 heteroatoms. The van der Waals surface area contributed by atoms with Crippen molar-refractivity contribution in [2.45, 2.75) is 25.3 Å². The molecule has 17 heavy (non-hydrogen) atoms. The fourth-order valence-corrected chi connectivity index (χ4v) is 2.42. The van der Waals surface area contributed by atoms with E-state index in [0.29, 0.717) is 12.6 Å². The van der Waals surface area contributed by atoms with Crippen LogP contribution in [0.1, 0.15) is 30.0 Å². The van der Waals surface area contributed by atoms with E-state index in [1.54, 1.807) is 6.08 Å². The number of aryl methyl sites for hydroxylation is 1. The van der Waals surface area contributed by atoms with Gasteiger partial charge in [-0.15, -0.1) is 0 Å². The molecule has 0 radical (unpaired) electrons. The largest absolute Gasteiger partial charge is 0.489 e. The van der Waals surface area contributed by atoms with Gasteiger partial charge in [0.2, 0.25) is 0 Å². The average Bonchev–Trinajstić information content (AvgIpc) is 2.38. The number of halogens is 1. The van der Waals surface area contributed by atoms with E-state index in [0.717, 1.165) is 5.75 Å². The van der Waals surface area contributed by atoms with E-state index >= 15 is 0 Å². The third-order valence-corrected chi connectivity index (χ3v) is 3.39. The Hall–Kier alpha value is -0.990. The summed E-state index contributed by atoms with van der Waals surface area (Å²) in [5.41, 5.74) is 4.30. The van der Waals surface area contributed by atoms with E-state index in [-0.39, 0.29) is 0 Å². The van der Waals surface area contributed by atoms with E-state index in [2.05, 4.69) is 17.4 Å². The van der Waals surface area contributed by atoms with E-state index in [1.165, 1.54) is 35.9 Å². The normalized spacial score (nSPS) is 19.3. The minimum absolute atomic E-state index is 0.464. The molecule has 0 aromatic heterocycles. The van der Waals surface area contributed by atoms with Crippen LogP contribution in [0.2, 0.25) is 0 Å². The first kappa shape index (κ1) is 12.5. The SMILES string of the molecule is CNC1CCCc2ccc(OC/C=C/Cl)cc21. The molecule has 1 N–H and O–H groups in total. The fourth-order valence-electron chi connectivity index (χ4n) is 2.35. The molecule has 92 valence electrons. The number of ether oxygens (including phenoxy) is 1. The van der Waals surface area contributed by atoms with Crippen LogP contribution in [0.3, 0.4) is 0 Å². The lowest BCUT2D eigenvalue weighted by Gasteiger charge is -2.25. The lowest BCUT2D eigenvalue weighted by atomic mass is 9.87. The Morgan fingerprint density at radius 2 is 2.41 bits per heavy atom. The number of rotatable bonds is 4. The Morgan fingerprint density at radius 3 is 3.18 bits per heavy atom. The summed E-state index contributed by atoms with van der Waals surface area (Å²) in [5, 5.41) is 3.36. The molecule has 1 aliphatic rings. The minimum Gasteiger partial charge on any atom is -0.489 e. The zero-order chi connectivity index (χ0) is 12.1. The van der Waals surface area contributed by atoms with Crippen LogP contribution in [0, 0.1) is 0 Å². The zero-order valence-corrected chi connectivity index (χ0v) is 10.8. The van der Waals surface area contributed by atoms with Gasteiger partial charge in [-0.1, -0.05) is 17.7 Å². The van der Waals surface area contributed by atoms with Gasteiger partial charge in [0.05, 0.1) is 0 Å². The minimum atomic E-state index is 0.464. The van der Waals surface area contributed by atoms with Crippen molar-refractivity contribution in [3.8, 4) is 5.75 Å². The van der Waals surface area contributed by atoms with Gasteiger partial charge in [0, 0.05) is 11.6 Å². The highest BCUT2D eigenvalue weighted by molar-refractivity contribution is 6.25. The molecule has 0 heterocycles. The molecule has 0 saturated heterocycles. The lowest BCUT2D eigenvalue weighted by Crippen LogP contribution is -2.21. The number of hydrogen-bond acceptors (Lipinski definition) is 2. The van der Waals surface area contributed by atoms with Crippen LogP contribution in [0.5, 0.6) is 5.75 Å². The van der Waals surface area contributed by atoms with Crippen LogP contribution >= 0.6 is 11.6 Å². The van der Waals surface area contributed by atoms with Crippen LogP contribution < -0.4 is 10.1 Å². The molecular formula is C14H18ClNO. The summed E-state index contributed by atoms with van der Waals surface area (Å²) in [6.07, 6.45) is 5.42. The molecule has 0 saturated carbocycles. The van der Waals surface area contributed by atoms with Crippen LogP contribution in [-0.4, -0.2) is 13.7 Å². The van der Waals surface area contributed by atoms with Crippen molar-refractivity contribution >= 4 is 11.6 Å². The molecular weight excluding hydrogens is 234 g/mol. The molecule has 0 fully saturated rings. The summed E-state index contributed by atoms with van der Waals surface area (Å²) < 4.78 is 5.61.